The summed E-state index contributed by atoms with van der Waals surface area (Å²) in [7, 11) is 0. The number of nitrogens with one attached hydrogen (secondary N) is 1. The molecule has 0 radical (unpaired) electrons. The lowest BCUT2D eigenvalue weighted by atomic mass is 9.90. The molecule has 0 aromatic carbocycles. The first-order valence-corrected chi connectivity index (χ1v) is 8.15. The zero-order chi connectivity index (χ0) is 14.2. The highest BCUT2D eigenvalue weighted by Crippen LogP contribution is 2.30. The molecule has 1 aromatic heterocycles. The number of hydrogen-bond acceptors (Lipinski definition) is 2. The fraction of sp³-hybridized carbons (Fsp3) is 0.611. The molecule has 1 aliphatic carbocycles. The first-order chi connectivity index (χ1) is 9.83. The third-order valence-corrected chi connectivity index (χ3v) is 4.19. The molecule has 0 amide bonds. The summed E-state index contributed by atoms with van der Waals surface area (Å²) in [5.41, 5.74) is 4.28. The molecule has 0 saturated carbocycles. The first-order valence-electron chi connectivity index (χ1n) is 8.15. The van der Waals surface area contributed by atoms with Gasteiger partial charge in [-0.2, -0.15) is 0 Å². The van der Waals surface area contributed by atoms with Crippen LogP contribution in [0.4, 0.5) is 0 Å². The third-order valence-electron chi connectivity index (χ3n) is 4.19. The molecule has 0 saturated heterocycles. The molecule has 1 aliphatic rings. The van der Waals surface area contributed by atoms with E-state index in [1.807, 2.05) is 12.4 Å². The summed E-state index contributed by atoms with van der Waals surface area (Å²) in [6.07, 6.45) is 15.5. The van der Waals surface area contributed by atoms with Crippen molar-refractivity contribution in [2.24, 2.45) is 0 Å². The largest absolute Gasteiger partial charge is 0.306 e. The lowest BCUT2D eigenvalue weighted by Gasteiger charge is -2.25. The summed E-state index contributed by atoms with van der Waals surface area (Å²) in [5, 5.41) is 3.74. The van der Waals surface area contributed by atoms with E-state index in [4.69, 9.17) is 0 Å². The fourth-order valence-electron chi connectivity index (χ4n) is 2.99. The van der Waals surface area contributed by atoms with Crippen molar-refractivity contribution >= 4 is 0 Å². The van der Waals surface area contributed by atoms with E-state index in [1.165, 1.54) is 56.1 Å². The van der Waals surface area contributed by atoms with Crippen molar-refractivity contribution in [3.05, 3.63) is 41.2 Å². The summed E-state index contributed by atoms with van der Waals surface area (Å²) < 4.78 is 0. The maximum absolute atomic E-state index is 4.34. The van der Waals surface area contributed by atoms with Crippen LogP contribution < -0.4 is 5.32 Å². The van der Waals surface area contributed by atoms with Crippen LogP contribution in [-0.4, -0.2) is 11.5 Å². The van der Waals surface area contributed by atoms with Gasteiger partial charge in [0.05, 0.1) is 6.04 Å². The van der Waals surface area contributed by atoms with Gasteiger partial charge in [0.2, 0.25) is 0 Å². The number of aryl methyl sites for hydroxylation is 1. The average Bonchev–Trinajstić information content (AvgIpc) is 2.42. The molecule has 1 N–H and O–H groups in total. The number of pyridine rings is 1. The van der Waals surface area contributed by atoms with Gasteiger partial charge in [-0.3, -0.25) is 4.98 Å². The van der Waals surface area contributed by atoms with Crippen molar-refractivity contribution in [2.75, 3.05) is 6.54 Å². The molecule has 2 nitrogen and oxygen atoms in total. The highest BCUT2D eigenvalue weighted by Gasteiger charge is 2.18. The van der Waals surface area contributed by atoms with E-state index in [2.05, 4.69) is 36.3 Å². The van der Waals surface area contributed by atoms with Crippen molar-refractivity contribution in [3.63, 3.8) is 0 Å². The van der Waals surface area contributed by atoms with E-state index < -0.39 is 0 Å². The third kappa shape index (κ3) is 4.17. The monoisotopic (exact) mass is 272 g/mol. The predicted molar refractivity (Wildman–Crippen MR) is 85.8 cm³/mol. The second-order valence-corrected chi connectivity index (χ2v) is 5.85. The Bertz CT molecular complexity index is 437. The number of allylic oxidation sites excluding steroid dienone is 1. The van der Waals surface area contributed by atoms with Gasteiger partial charge in [-0.25, -0.2) is 0 Å². The van der Waals surface area contributed by atoms with Crippen LogP contribution in [-0.2, 0) is 0 Å². The predicted octanol–water partition coefficient (Wildman–Crippen LogP) is 4.71. The van der Waals surface area contributed by atoms with E-state index in [1.54, 1.807) is 5.57 Å². The van der Waals surface area contributed by atoms with Crippen molar-refractivity contribution in [3.8, 4) is 0 Å². The molecule has 110 valence electrons. The zero-order valence-electron chi connectivity index (χ0n) is 13.0. The SMILES string of the molecule is CCCNC(/C1=C/CCCCCC1)c1cnccc1C. The minimum atomic E-state index is 0.363. The zero-order valence-corrected chi connectivity index (χ0v) is 13.0. The Morgan fingerprint density at radius 2 is 2.10 bits per heavy atom. The maximum Gasteiger partial charge on any atom is 0.0554 e. The minimum absolute atomic E-state index is 0.363. The molecular weight excluding hydrogens is 244 g/mol. The Morgan fingerprint density at radius 1 is 1.25 bits per heavy atom. The van der Waals surface area contributed by atoms with E-state index in [-0.39, 0.29) is 0 Å². The Kier molecular flexibility index (Phi) is 6.25. The molecule has 1 unspecified atom stereocenters. The van der Waals surface area contributed by atoms with Gasteiger partial charge in [0.1, 0.15) is 0 Å². The van der Waals surface area contributed by atoms with Crippen LogP contribution in [0.2, 0.25) is 0 Å². The number of rotatable bonds is 5. The van der Waals surface area contributed by atoms with Gasteiger partial charge in [0.15, 0.2) is 0 Å². The molecular formula is C18H28N2. The van der Waals surface area contributed by atoms with Crippen molar-refractivity contribution in [2.45, 2.75) is 64.8 Å². The first kappa shape index (κ1) is 15.2. The van der Waals surface area contributed by atoms with Gasteiger partial charge in [-0.1, -0.05) is 31.4 Å². The van der Waals surface area contributed by atoms with Crippen molar-refractivity contribution in [1.82, 2.24) is 10.3 Å². The lowest BCUT2D eigenvalue weighted by molar-refractivity contribution is 0.538. The van der Waals surface area contributed by atoms with E-state index >= 15 is 0 Å². The summed E-state index contributed by atoms with van der Waals surface area (Å²) >= 11 is 0. The number of aromatic nitrogens is 1. The van der Waals surface area contributed by atoms with Crippen molar-refractivity contribution < 1.29 is 0 Å². The molecule has 0 spiro atoms. The van der Waals surface area contributed by atoms with E-state index in [0.717, 1.165) is 6.54 Å². The Hall–Kier alpha value is -1.15. The maximum atomic E-state index is 4.34. The smallest absolute Gasteiger partial charge is 0.0554 e. The van der Waals surface area contributed by atoms with Gasteiger partial charge >= 0.3 is 0 Å². The molecule has 1 atom stereocenters. The Morgan fingerprint density at radius 3 is 2.90 bits per heavy atom. The second-order valence-electron chi connectivity index (χ2n) is 5.85. The van der Waals surface area contributed by atoms with E-state index in [0.29, 0.717) is 6.04 Å². The topological polar surface area (TPSA) is 24.9 Å². The van der Waals surface area contributed by atoms with Crippen LogP contribution in [0, 0.1) is 6.92 Å². The fourth-order valence-corrected chi connectivity index (χ4v) is 2.99. The molecule has 20 heavy (non-hydrogen) atoms. The van der Waals surface area contributed by atoms with Crippen LogP contribution >= 0.6 is 0 Å². The Balaban J connectivity index is 2.24. The van der Waals surface area contributed by atoms with Crippen LogP contribution in [0.15, 0.2) is 30.1 Å². The average molecular weight is 272 g/mol. The summed E-state index contributed by atoms with van der Waals surface area (Å²) in [6.45, 7) is 5.49. The molecule has 0 fully saturated rings. The summed E-state index contributed by atoms with van der Waals surface area (Å²) in [5.74, 6) is 0. The minimum Gasteiger partial charge on any atom is -0.306 e. The van der Waals surface area contributed by atoms with Gasteiger partial charge < -0.3 is 5.32 Å². The summed E-state index contributed by atoms with van der Waals surface area (Å²) in [4.78, 5) is 4.34. The standard InChI is InChI=1S/C18H28N2/c1-3-12-20-18(17-14-19-13-11-15(17)2)16-9-7-5-4-6-8-10-16/h9,11,13-14,18,20H,3-8,10,12H2,1-2H3/b16-9+. The molecule has 2 heteroatoms. The van der Waals surface area contributed by atoms with Crippen LogP contribution in [0.5, 0.6) is 0 Å². The van der Waals surface area contributed by atoms with Gasteiger partial charge in [0.25, 0.3) is 0 Å². The van der Waals surface area contributed by atoms with Crippen LogP contribution in [0.25, 0.3) is 0 Å². The molecule has 1 aromatic rings. The molecule has 2 rings (SSSR count). The highest BCUT2D eigenvalue weighted by molar-refractivity contribution is 5.32. The van der Waals surface area contributed by atoms with Gasteiger partial charge in [0, 0.05) is 12.4 Å². The Labute approximate surface area is 123 Å². The van der Waals surface area contributed by atoms with Crippen LogP contribution in [0.1, 0.15) is 69.0 Å². The van der Waals surface area contributed by atoms with Crippen LogP contribution in [0.3, 0.4) is 0 Å². The number of hydrogen-bond donors (Lipinski definition) is 1. The molecule has 0 aliphatic heterocycles. The van der Waals surface area contributed by atoms with Crippen molar-refractivity contribution in [1.29, 1.82) is 0 Å². The molecule has 0 bridgehead atoms. The molecule has 1 heterocycles. The van der Waals surface area contributed by atoms with E-state index in [9.17, 15) is 0 Å². The van der Waals surface area contributed by atoms with Gasteiger partial charge in [-0.15, -0.1) is 0 Å². The highest BCUT2D eigenvalue weighted by atomic mass is 14.9. The quantitative estimate of drug-likeness (QED) is 0.785. The lowest BCUT2D eigenvalue weighted by Crippen LogP contribution is -2.25. The normalized spacial score (nSPS) is 20.6. The second kappa shape index (κ2) is 8.21. The van der Waals surface area contributed by atoms with Gasteiger partial charge in [-0.05, 0) is 62.8 Å². The number of nitrogens with zero attached hydrogens (tertiary/aromatic N) is 1. The summed E-state index contributed by atoms with van der Waals surface area (Å²) in [6, 6.07) is 2.49.